The van der Waals surface area contributed by atoms with Gasteiger partial charge in [-0.15, -0.1) is 0 Å². The van der Waals surface area contributed by atoms with E-state index in [9.17, 15) is 9.90 Å². The molecule has 1 fully saturated rings. The number of hydrogen-bond donors (Lipinski definition) is 2. The van der Waals surface area contributed by atoms with Gasteiger partial charge in [0.05, 0.1) is 0 Å². The van der Waals surface area contributed by atoms with Crippen LogP contribution in [0.15, 0.2) is 0 Å². The van der Waals surface area contributed by atoms with Crippen molar-refractivity contribution in [3.05, 3.63) is 0 Å². The predicted molar refractivity (Wildman–Crippen MR) is 87.6 cm³/mol. The number of likely N-dealkylation sites (N-methyl/N-ethyl adjacent to an activating group) is 1. The molecule has 4 heteroatoms. The summed E-state index contributed by atoms with van der Waals surface area (Å²) in [6.45, 7) is 8.86. The van der Waals surface area contributed by atoms with Gasteiger partial charge in [0.1, 0.15) is 5.54 Å². The second kappa shape index (κ2) is 8.74. The molecule has 1 aliphatic rings. The highest BCUT2D eigenvalue weighted by atomic mass is 16.4. The maximum atomic E-state index is 11.7. The SMILES string of the molecule is CCCCCN(CCC1CCCC1(NC)C(=O)O)C(C)C. The molecule has 1 saturated carbocycles. The van der Waals surface area contributed by atoms with Crippen molar-refractivity contribution in [3.63, 3.8) is 0 Å². The second-order valence-electron chi connectivity index (χ2n) is 6.74. The second-order valence-corrected chi connectivity index (χ2v) is 6.74. The van der Waals surface area contributed by atoms with Crippen molar-refractivity contribution in [3.8, 4) is 0 Å². The van der Waals surface area contributed by atoms with Gasteiger partial charge in [0.15, 0.2) is 0 Å². The predicted octanol–water partition coefficient (Wildman–Crippen LogP) is 3.12. The number of unbranched alkanes of at least 4 members (excludes halogenated alkanes) is 2. The number of carboxylic acid groups (broad SMARTS) is 1. The highest BCUT2D eigenvalue weighted by Crippen LogP contribution is 2.38. The van der Waals surface area contributed by atoms with Crippen molar-refractivity contribution in [2.75, 3.05) is 20.1 Å². The van der Waals surface area contributed by atoms with Gasteiger partial charge in [-0.1, -0.05) is 26.2 Å². The lowest BCUT2D eigenvalue weighted by atomic mass is 9.84. The summed E-state index contributed by atoms with van der Waals surface area (Å²) in [6.07, 6.45) is 7.58. The lowest BCUT2D eigenvalue weighted by Crippen LogP contribution is -2.53. The number of hydrogen-bond acceptors (Lipinski definition) is 3. The summed E-state index contributed by atoms with van der Waals surface area (Å²) in [5.41, 5.74) is -0.688. The zero-order chi connectivity index (χ0) is 15.9. The van der Waals surface area contributed by atoms with E-state index < -0.39 is 11.5 Å². The molecule has 2 unspecified atom stereocenters. The van der Waals surface area contributed by atoms with E-state index in [4.69, 9.17) is 0 Å². The minimum absolute atomic E-state index is 0.257. The smallest absolute Gasteiger partial charge is 0.324 e. The van der Waals surface area contributed by atoms with Crippen molar-refractivity contribution in [2.45, 2.75) is 77.3 Å². The lowest BCUT2D eigenvalue weighted by molar-refractivity contribution is -0.146. The van der Waals surface area contributed by atoms with Crippen molar-refractivity contribution in [2.24, 2.45) is 5.92 Å². The molecule has 21 heavy (non-hydrogen) atoms. The topological polar surface area (TPSA) is 52.6 Å². The third kappa shape index (κ3) is 4.68. The summed E-state index contributed by atoms with van der Waals surface area (Å²) in [5.74, 6) is -0.415. The van der Waals surface area contributed by atoms with Crippen LogP contribution in [-0.4, -0.2) is 47.7 Å². The molecule has 0 heterocycles. The summed E-state index contributed by atoms with van der Waals surface area (Å²) in [6, 6.07) is 0.539. The summed E-state index contributed by atoms with van der Waals surface area (Å²) >= 11 is 0. The maximum Gasteiger partial charge on any atom is 0.324 e. The fourth-order valence-corrected chi connectivity index (χ4v) is 3.70. The van der Waals surface area contributed by atoms with Gasteiger partial charge in [0.25, 0.3) is 0 Å². The fraction of sp³-hybridized carbons (Fsp3) is 0.941. The van der Waals surface area contributed by atoms with Crippen molar-refractivity contribution < 1.29 is 9.90 Å². The number of nitrogens with one attached hydrogen (secondary N) is 1. The first-order chi connectivity index (χ1) is 9.97. The first-order valence-corrected chi connectivity index (χ1v) is 8.64. The lowest BCUT2D eigenvalue weighted by Gasteiger charge is -2.34. The number of aliphatic carboxylic acids is 1. The molecule has 124 valence electrons. The minimum Gasteiger partial charge on any atom is -0.480 e. The maximum absolute atomic E-state index is 11.7. The quantitative estimate of drug-likeness (QED) is 0.608. The van der Waals surface area contributed by atoms with Crippen molar-refractivity contribution in [1.29, 1.82) is 0 Å². The molecule has 0 saturated heterocycles. The van der Waals surface area contributed by atoms with Gasteiger partial charge in [-0.05, 0) is 65.6 Å². The Morgan fingerprint density at radius 3 is 2.62 bits per heavy atom. The van der Waals surface area contributed by atoms with Gasteiger partial charge < -0.3 is 15.3 Å². The average Bonchev–Trinajstić information content (AvgIpc) is 2.86. The standard InChI is InChI=1S/C17H34N2O2/c1-5-6-7-12-19(14(2)3)13-10-15-9-8-11-17(15,18-4)16(20)21/h14-15,18H,5-13H2,1-4H3,(H,20,21). The molecule has 2 N–H and O–H groups in total. The van der Waals surface area contributed by atoms with Gasteiger partial charge in [-0.25, -0.2) is 0 Å². The Morgan fingerprint density at radius 1 is 1.38 bits per heavy atom. The third-order valence-corrected chi connectivity index (χ3v) is 5.19. The van der Waals surface area contributed by atoms with Gasteiger partial charge in [0, 0.05) is 6.04 Å². The Bertz CT molecular complexity index is 320. The summed E-state index contributed by atoms with van der Waals surface area (Å²) in [4.78, 5) is 14.2. The summed E-state index contributed by atoms with van der Waals surface area (Å²) in [7, 11) is 1.80. The van der Waals surface area contributed by atoms with Crippen LogP contribution >= 0.6 is 0 Å². The molecule has 0 radical (unpaired) electrons. The molecular weight excluding hydrogens is 264 g/mol. The molecule has 0 aliphatic heterocycles. The van der Waals surface area contributed by atoms with Gasteiger partial charge in [0.2, 0.25) is 0 Å². The van der Waals surface area contributed by atoms with E-state index in [1.807, 2.05) is 0 Å². The number of nitrogens with zero attached hydrogens (tertiary/aromatic N) is 1. The van der Waals surface area contributed by atoms with Gasteiger partial charge in [-0.2, -0.15) is 0 Å². The van der Waals surface area contributed by atoms with Gasteiger partial charge in [-0.3, -0.25) is 4.79 Å². The minimum atomic E-state index is -0.688. The molecular formula is C17H34N2O2. The van der Waals surface area contributed by atoms with E-state index in [1.165, 1.54) is 19.3 Å². The molecule has 0 aromatic rings. The Kier molecular flexibility index (Phi) is 7.67. The summed E-state index contributed by atoms with van der Waals surface area (Å²) < 4.78 is 0. The molecule has 0 spiro atoms. The third-order valence-electron chi connectivity index (χ3n) is 5.19. The zero-order valence-corrected chi connectivity index (χ0v) is 14.3. The van der Waals surface area contributed by atoms with Crippen LogP contribution in [0.5, 0.6) is 0 Å². The Morgan fingerprint density at radius 2 is 2.10 bits per heavy atom. The van der Waals surface area contributed by atoms with E-state index in [0.717, 1.165) is 38.8 Å². The van der Waals surface area contributed by atoms with Crippen LogP contribution in [0, 0.1) is 5.92 Å². The van der Waals surface area contributed by atoms with E-state index in [0.29, 0.717) is 6.04 Å². The van der Waals surface area contributed by atoms with E-state index >= 15 is 0 Å². The van der Waals surface area contributed by atoms with Crippen LogP contribution in [0.1, 0.15) is 65.7 Å². The molecule has 0 aromatic heterocycles. The Hall–Kier alpha value is -0.610. The molecule has 2 atom stereocenters. The van der Waals surface area contributed by atoms with Crippen LogP contribution in [0.4, 0.5) is 0 Å². The average molecular weight is 298 g/mol. The van der Waals surface area contributed by atoms with Crippen LogP contribution in [-0.2, 0) is 4.79 Å². The van der Waals surface area contributed by atoms with Crippen LogP contribution in [0.2, 0.25) is 0 Å². The van der Waals surface area contributed by atoms with Crippen LogP contribution < -0.4 is 5.32 Å². The molecule has 1 aliphatic carbocycles. The number of carboxylic acids is 1. The van der Waals surface area contributed by atoms with Crippen molar-refractivity contribution in [1.82, 2.24) is 10.2 Å². The largest absolute Gasteiger partial charge is 0.480 e. The van der Waals surface area contributed by atoms with Crippen molar-refractivity contribution >= 4 is 5.97 Å². The van der Waals surface area contributed by atoms with E-state index in [2.05, 4.69) is 31.0 Å². The van der Waals surface area contributed by atoms with Gasteiger partial charge >= 0.3 is 5.97 Å². The number of carbonyl (C=O) groups is 1. The highest BCUT2D eigenvalue weighted by Gasteiger charge is 2.47. The van der Waals surface area contributed by atoms with Crippen LogP contribution in [0.3, 0.4) is 0 Å². The molecule has 0 aromatic carbocycles. The summed E-state index contributed by atoms with van der Waals surface area (Å²) in [5, 5.41) is 12.7. The molecule has 0 amide bonds. The first-order valence-electron chi connectivity index (χ1n) is 8.64. The molecule has 1 rings (SSSR count). The Labute approximate surface area is 130 Å². The fourth-order valence-electron chi connectivity index (χ4n) is 3.70. The highest BCUT2D eigenvalue weighted by molar-refractivity contribution is 5.79. The van der Waals surface area contributed by atoms with Crippen LogP contribution in [0.25, 0.3) is 0 Å². The monoisotopic (exact) mass is 298 g/mol. The zero-order valence-electron chi connectivity index (χ0n) is 14.3. The number of rotatable bonds is 10. The van der Waals surface area contributed by atoms with E-state index in [-0.39, 0.29) is 5.92 Å². The Balaban J connectivity index is 2.56. The molecule has 4 nitrogen and oxygen atoms in total. The van der Waals surface area contributed by atoms with E-state index in [1.54, 1.807) is 7.05 Å². The molecule has 0 bridgehead atoms. The first kappa shape index (κ1) is 18.4. The normalized spacial score (nSPS) is 25.9.